The van der Waals surface area contributed by atoms with Gasteiger partial charge in [0.1, 0.15) is 11.6 Å². The third kappa shape index (κ3) is 6.09. The number of sulfonamides is 1. The van der Waals surface area contributed by atoms with Crippen molar-refractivity contribution in [3.63, 3.8) is 0 Å². The highest BCUT2D eigenvalue weighted by molar-refractivity contribution is 7.92. The van der Waals surface area contributed by atoms with Crippen LogP contribution in [-0.2, 0) is 16.6 Å². The van der Waals surface area contributed by atoms with Crippen LogP contribution in [0.4, 0.5) is 20.6 Å². The van der Waals surface area contributed by atoms with Crippen LogP contribution in [0.15, 0.2) is 71.6 Å². The number of ether oxygens (including phenoxy) is 1. The molecule has 3 aromatic carbocycles. The van der Waals surface area contributed by atoms with Gasteiger partial charge in [-0.2, -0.15) is 0 Å². The molecule has 7 nitrogen and oxygen atoms in total. The number of halogens is 2. The second-order valence-corrected chi connectivity index (χ2v) is 8.53. The first kappa shape index (κ1) is 22.4. The highest BCUT2D eigenvalue weighted by atomic mass is 35.5. The Labute approximate surface area is 184 Å². The van der Waals surface area contributed by atoms with Crippen molar-refractivity contribution in [1.82, 2.24) is 5.32 Å². The number of carbonyl (C=O) groups excluding carboxylic acids is 1. The molecule has 0 saturated carbocycles. The first-order chi connectivity index (χ1) is 14.8. The van der Waals surface area contributed by atoms with Gasteiger partial charge in [0.05, 0.1) is 17.7 Å². The van der Waals surface area contributed by atoms with Crippen LogP contribution in [-0.4, -0.2) is 21.6 Å². The van der Waals surface area contributed by atoms with Gasteiger partial charge >= 0.3 is 6.03 Å². The molecule has 31 heavy (non-hydrogen) atoms. The van der Waals surface area contributed by atoms with Crippen LogP contribution in [0, 0.1) is 5.82 Å². The Bertz CT molecular complexity index is 1170. The van der Waals surface area contributed by atoms with Gasteiger partial charge in [0.2, 0.25) is 0 Å². The molecule has 3 aromatic rings. The minimum absolute atomic E-state index is 0.0358. The van der Waals surface area contributed by atoms with Gasteiger partial charge in [0.25, 0.3) is 10.0 Å². The maximum absolute atomic E-state index is 13.0. The first-order valence-corrected chi connectivity index (χ1v) is 10.9. The molecule has 0 spiro atoms. The lowest BCUT2D eigenvalue weighted by molar-refractivity contribution is 0.251. The molecule has 0 bridgehead atoms. The molecule has 3 N–H and O–H groups in total. The molecule has 0 saturated heterocycles. The van der Waals surface area contributed by atoms with E-state index in [1.807, 2.05) is 0 Å². The summed E-state index contributed by atoms with van der Waals surface area (Å²) in [6.07, 6.45) is 0. The third-order valence-electron chi connectivity index (χ3n) is 4.19. The van der Waals surface area contributed by atoms with Gasteiger partial charge in [-0.25, -0.2) is 17.6 Å². The average molecular weight is 464 g/mol. The van der Waals surface area contributed by atoms with Gasteiger partial charge in [-0.05, 0) is 60.2 Å². The van der Waals surface area contributed by atoms with E-state index in [-0.39, 0.29) is 17.1 Å². The summed E-state index contributed by atoms with van der Waals surface area (Å²) in [6, 6.07) is 15.4. The summed E-state index contributed by atoms with van der Waals surface area (Å²) in [5, 5.41) is 5.77. The van der Waals surface area contributed by atoms with Crippen LogP contribution in [0.5, 0.6) is 5.75 Å². The molecular weight excluding hydrogens is 445 g/mol. The van der Waals surface area contributed by atoms with Crippen LogP contribution >= 0.6 is 11.6 Å². The quantitative estimate of drug-likeness (QED) is 0.476. The lowest BCUT2D eigenvalue weighted by Crippen LogP contribution is -2.28. The molecule has 0 aliphatic heterocycles. The summed E-state index contributed by atoms with van der Waals surface area (Å²) in [5.41, 5.74) is 1.36. The number of amides is 2. The number of hydrogen-bond acceptors (Lipinski definition) is 4. The molecule has 0 aliphatic rings. The van der Waals surface area contributed by atoms with Crippen LogP contribution in [0.3, 0.4) is 0 Å². The average Bonchev–Trinajstić information content (AvgIpc) is 2.74. The number of rotatable bonds is 7. The van der Waals surface area contributed by atoms with E-state index in [4.69, 9.17) is 16.3 Å². The van der Waals surface area contributed by atoms with E-state index in [9.17, 15) is 17.6 Å². The number of nitrogens with one attached hydrogen (secondary N) is 3. The summed E-state index contributed by atoms with van der Waals surface area (Å²) < 4.78 is 45.4. The minimum Gasteiger partial charge on any atom is -0.495 e. The second kappa shape index (κ2) is 9.67. The Hall–Kier alpha value is -3.30. The Morgan fingerprint density at radius 1 is 1.03 bits per heavy atom. The molecule has 0 heterocycles. The molecule has 10 heteroatoms. The largest absolute Gasteiger partial charge is 0.495 e. The van der Waals surface area contributed by atoms with Gasteiger partial charge in [0, 0.05) is 17.3 Å². The van der Waals surface area contributed by atoms with E-state index >= 15 is 0 Å². The number of methoxy groups -OCH3 is 1. The third-order valence-corrected chi connectivity index (χ3v) is 5.83. The number of anilines is 2. The van der Waals surface area contributed by atoms with Crippen LogP contribution in [0.25, 0.3) is 0 Å². The monoisotopic (exact) mass is 463 g/mol. The molecule has 0 aromatic heterocycles. The number of hydrogen-bond donors (Lipinski definition) is 3. The van der Waals surface area contributed by atoms with Crippen molar-refractivity contribution in [3.05, 3.63) is 83.1 Å². The topological polar surface area (TPSA) is 96.5 Å². The van der Waals surface area contributed by atoms with Gasteiger partial charge in [-0.3, -0.25) is 4.72 Å². The maximum Gasteiger partial charge on any atom is 0.319 e. The number of benzene rings is 3. The van der Waals surface area contributed by atoms with Crippen molar-refractivity contribution in [3.8, 4) is 5.75 Å². The maximum atomic E-state index is 13.0. The Morgan fingerprint density at radius 2 is 1.71 bits per heavy atom. The van der Waals surface area contributed by atoms with Gasteiger partial charge in [-0.1, -0.05) is 23.7 Å². The first-order valence-electron chi connectivity index (χ1n) is 9.02. The molecule has 0 radical (unpaired) electrons. The molecule has 0 unspecified atom stereocenters. The zero-order valence-electron chi connectivity index (χ0n) is 16.4. The molecule has 3 rings (SSSR count). The normalized spacial score (nSPS) is 10.9. The molecule has 0 atom stereocenters. The second-order valence-electron chi connectivity index (χ2n) is 6.41. The van der Waals surface area contributed by atoms with Crippen LogP contribution in [0.2, 0.25) is 5.02 Å². The number of urea groups is 1. The molecule has 2 amide bonds. The van der Waals surface area contributed by atoms with Crippen molar-refractivity contribution in [1.29, 1.82) is 0 Å². The fraction of sp³-hybridized carbons (Fsp3) is 0.0952. The molecule has 162 valence electrons. The predicted octanol–water partition coefficient (Wildman–Crippen LogP) is 4.61. The van der Waals surface area contributed by atoms with Crippen molar-refractivity contribution in [2.75, 3.05) is 17.1 Å². The molecular formula is C21H19ClFN3O4S. The smallest absolute Gasteiger partial charge is 0.319 e. The summed E-state index contributed by atoms with van der Waals surface area (Å²) in [5.74, 6) is 0.000377. The van der Waals surface area contributed by atoms with Gasteiger partial charge < -0.3 is 15.4 Å². The van der Waals surface area contributed by atoms with E-state index in [0.717, 1.165) is 12.1 Å². The van der Waals surface area contributed by atoms with Gasteiger partial charge in [0.15, 0.2) is 0 Å². The summed E-state index contributed by atoms with van der Waals surface area (Å²) in [7, 11) is -2.35. The van der Waals surface area contributed by atoms with Crippen LogP contribution < -0.4 is 20.1 Å². The summed E-state index contributed by atoms with van der Waals surface area (Å²) in [4.78, 5) is 12.2. The fourth-order valence-electron chi connectivity index (χ4n) is 2.65. The van der Waals surface area contributed by atoms with E-state index in [1.54, 1.807) is 30.3 Å². The standard InChI is InChI=1S/C21H19ClFN3O4S/c1-30-20-11-4-15(22)12-19(20)25-21(27)24-13-14-2-9-18(10-3-14)31(28,29)26-17-7-5-16(23)6-8-17/h2-12,26H,13H2,1H3,(H2,24,25,27). The SMILES string of the molecule is COc1ccc(Cl)cc1NC(=O)NCc1ccc(S(=O)(=O)Nc2ccc(F)cc2)cc1. The summed E-state index contributed by atoms with van der Waals surface area (Å²) >= 11 is 5.94. The Kier molecular flexibility index (Phi) is 6.98. The molecule has 0 fully saturated rings. The van der Waals surface area contributed by atoms with Crippen LogP contribution in [0.1, 0.15) is 5.56 Å². The van der Waals surface area contributed by atoms with Crippen molar-refractivity contribution in [2.24, 2.45) is 0 Å². The zero-order valence-corrected chi connectivity index (χ0v) is 17.9. The lowest BCUT2D eigenvalue weighted by atomic mass is 10.2. The van der Waals surface area contributed by atoms with E-state index < -0.39 is 21.9 Å². The Balaban J connectivity index is 1.59. The van der Waals surface area contributed by atoms with Crippen molar-refractivity contribution >= 4 is 39.0 Å². The Morgan fingerprint density at radius 3 is 2.35 bits per heavy atom. The summed E-state index contributed by atoms with van der Waals surface area (Å²) in [6.45, 7) is 0.167. The van der Waals surface area contributed by atoms with Crippen molar-refractivity contribution < 1.29 is 22.3 Å². The minimum atomic E-state index is -3.83. The van der Waals surface area contributed by atoms with E-state index in [2.05, 4.69) is 15.4 Å². The van der Waals surface area contributed by atoms with E-state index in [1.165, 1.54) is 31.4 Å². The predicted molar refractivity (Wildman–Crippen MR) is 118 cm³/mol. The van der Waals surface area contributed by atoms with E-state index in [0.29, 0.717) is 22.0 Å². The fourth-order valence-corrected chi connectivity index (χ4v) is 3.88. The highest BCUT2D eigenvalue weighted by Gasteiger charge is 2.14. The number of carbonyl (C=O) groups is 1. The van der Waals surface area contributed by atoms with Crippen molar-refractivity contribution in [2.45, 2.75) is 11.4 Å². The molecule has 0 aliphatic carbocycles. The lowest BCUT2D eigenvalue weighted by Gasteiger charge is -2.12. The zero-order chi connectivity index (χ0) is 22.4. The van der Waals surface area contributed by atoms with Gasteiger partial charge in [-0.15, -0.1) is 0 Å². The highest BCUT2D eigenvalue weighted by Crippen LogP contribution is 2.27.